The van der Waals surface area contributed by atoms with Gasteiger partial charge in [-0.3, -0.25) is 4.79 Å². The highest BCUT2D eigenvalue weighted by molar-refractivity contribution is 6.31. The van der Waals surface area contributed by atoms with Crippen molar-refractivity contribution in [2.45, 2.75) is 13.0 Å². The number of carbonyl (C=O) groups is 1. The van der Waals surface area contributed by atoms with Crippen LogP contribution in [-0.2, 0) is 17.8 Å². The lowest BCUT2D eigenvalue weighted by Gasteiger charge is -2.06. The maximum absolute atomic E-state index is 11.0. The van der Waals surface area contributed by atoms with Crippen molar-refractivity contribution >= 4 is 40.1 Å². The molecule has 1 N–H and O–H groups in total. The zero-order chi connectivity index (χ0) is 15.7. The number of halogens is 2. The van der Waals surface area contributed by atoms with Gasteiger partial charge in [-0.2, -0.15) is 0 Å². The molecule has 0 radical (unpaired) electrons. The summed E-state index contributed by atoms with van der Waals surface area (Å²) in [5.74, 6) is -0.859. The van der Waals surface area contributed by atoms with Crippen LogP contribution in [0.25, 0.3) is 10.9 Å². The summed E-state index contributed by atoms with van der Waals surface area (Å²) >= 11 is 12.1. The number of rotatable bonds is 4. The number of carboxylic acids is 1. The largest absolute Gasteiger partial charge is 0.481 e. The van der Waals surface area contributed by atoms with Gasteiger partial charge in [0.1, 0.15) is 0 Å². The van der Waals surface area contributed by atoms with Crippen molar-refractivity contribution in [1.29, 1.82) is 0 Å². The molecular weight excluding hydrogens is 321 g/mol. The van der Waals surface area contributed by atoms with Crippen LogP contribution in [0.2, 0.25) is 10.0 Å². The van der Waals surface area contributed by atoms with Gasteiger partial charge in [0.25, 0.3) is 0 Å². The summed E-state index contributed by atoms with van der Waals surface area (Å²) in [7, 11) is 0. The minimum absolute atomic E-state index is 0.0284. The first-order valence-electron chi connectivity index (χ1n) is 6.76. The molecule has 112 valence electrons. The third-order valence-corrected chi connectivity index (χ3v) is 3.98. The number of hydrogen-bond acceptors (Lipinski definition) is 1. The van der Waals surface area contributed by atoms with E-state index in [1.807, 2.05) is 53.2 Å². The highest BCUT2D eigenvalue weighted by Gasteiger charge is 2.12. The maximum atomic E-state index is 11.0. The van der Waals surface area contributed by atoms with Crippen LogP contribution >= 0.6 is 23.2 Å². The zero-order valence-corrected chi connectivity index (χ0v) is 13.1. The van der Waals surface area contributed by atoms with Crippen molar-refractivity contribution < 1.29 is 9.90 Å². The molecule has 0 bridgehead atoms. The van der Waals surface area contributed by atoms with Gasteiger partial charge in [-0.05, 0) is 41.5 Å². The molecular formula is C17H13Cl2NO2. The molecule has 0 aliphatic carbocycles. The van der Waals surface area contributed by atoms with E-state index in [1.54, 1.807) is 0 Å². The molecule has 1 aromatic heterocycles. The zero-order valence-electron chi connectivity index (χ0n) is 11.6. The molecule has 0 spiro atoms. The van der Waals surface area contributed by atoms with E-state index >= 15 is 0 Å². The topological polar surface area (TPSA) is 42.2 Å². The molecule has 5 heteroatoms. The van der Waals surface area contributed by atoms with Crippen LogP contribution in [0.1, 0.15) is 11.1 Å². The van der Waals surface area contributed by atoms with Crippen LogP contribution in [0.3, 0.4) is 0 Å². The van der Waals surface area contributed by atoms with Gasteiger partial charge in [0.15, 0.2) is 0 Å². The predicted molar refractivity (Wildman–Crippen MR) is 88.8 cm³/mol. The van der Waals surface area contributed by atoms with E-state index in [9.17, 15) is 4.79 Å². The Morgan fingerprint density at radius 3 is 2.59 bits per heavy atom. The van der Waals surface area contributed by atoms with Gasteiger partial charge in [0, 0.05) is 33.7 Å². The first-order chi connectivity index (χ1) is 10.5. The van der Waals surface area contributed by atoms with Crippen molar-refractivity contribution in [2.24, 2.45) is 0 Å². The molecule has 3 nitrogen and oxygen atoms in total. The molecule has 0 saturated heterocycles. The second kappa shape index (κ2) is 6.03. The van der Waals surface area contributed by atoms with E-state index < -0.39 is 5.97 Å². The van der Waals surface area contributed by atoms with Crippen LogP contribution in [0.4, 0.5) is 0 Å². The van der Waals surface area contributed by atoms with Gasteiger partial charge in [0.2, 0.25) is 0 Å². The summed E-state index contributed by atoms with van der Waals surface area (Å²) in [6.45, 7) is 0.623. The Kier molecular flexibility index (Phi) is 4.10. The predicted octanol–water partition coefficient (Wildman–Crippen LogP) is 4.62. The molecule has 3 rings (SSSR count). The van der Waals surface area contributed by atoms with Crippen LogP contribution < -0.4 is 0 Å². The summed E-state index contributed by atoms with van der Waals surface area (Å²) in [5, 5.41) is 11.2. The van der Waals surface area contributed by atoms with E-state index in [4.69, 9.17) is 28.3 Å². The number of carboxylic acid groups (broad SMARTS) is 1. The minimum atomic E-state index is -0.859. The van der Waals surface area contributed by atoms with Gasteiger partial charge in [-0.25, -0.2) is 0 Å². The molecule has 1 heterocycles. The lowest BCUT2D eigenvalue weighted by Crippen LogP contribution is -2.00. The fourth-order valence-corrected chi connectivity index (χ4v) is 2.99. The molecule has 0 aliphatic rings. The van der Waals surface area contributed by atoms with Crippen LogP contribution in [0.5, 0.6) is 0 Å². The summed E-state index contributed by atoms with van der Waals surface area (Å²) in [5.41, 5.74) is 2.77. The Labute approximate surface area is 137 Å². The number of aromatic nitrogens is 1. The number of aliphatic carboxylic acids is 1. The second-order valence-electron chi connectivity index (χ2n) is 5.14. The fourth-order valence-electron chi connectivity index (χ4n) is 2.61. The van der Waals surface area contributed by atoms with Crippen molar-refractivity contribution in [1.82, 2.24) is 4.57 Å². The molecule has 0 atom stereocenters. The normalized spacial score (nSPS) is 11.0. The fraction of sp³-hybridized carbons (Fsp3) is 0.118. The van der Waals surface area contributed by atoms with Crippen molar-refractivity contribution in [2.75, 3.05) is 0 Å². The second-order valence-corrected chi connectivity index (χ2v) is 6.02. The molecule has 22 heavy (non-hydrogen) atoms. The van der Waals surface area contributed by atoms with Crippen molar-refractivity contribution in [3.05, 3.63) is 69.8 Å². The molecule has 2 aromatic carbocycles. The summed E-state index contributed by atoms with van der Waals surface area (Å²) in [4.78, 5) is 11.0. The van der Waals surface area contributed by atoms with Crippen molar-refractivity contribution in [3.8, 4) is 0 Å². The molecule has 0 saturated carbocycles. The summed E-state index contributed by atoms with van der Waals surface area (Å²) < 4.78 is 2.02. The van der Waals surface area contributed by atoms with E-state index in [0.717, 1.165) is 22.0 Å². The number of hydrogen-bond donors (Lipinski definition) is 1. The van der Waals surface area contributed by atoms with Gasteiger partial charge in [0.05, 0.1) is 6.42 Å². The monoisotopic (exact) mass is 333 g/mol. The van der Waals surface area contributed by atoms with E-state index in [0.29, 0.717) is 16.6 Å². The summed E-state index contributed by atoms with van der Waals surface area (Å²) in [6, 6.07) is 13.2. The van der Waals surface area contributed by atoms with Gasteiger partial charge < -0.3 is 9.67 Å². The number of fused-ring (bicyclic) bond motifs is 1. The molecule has 0 amide bonds. The average molecular weight is 334 g/mol. The SMILES string of the molecule is O=C(O)Cc1cn(Cc2cccc(Cl)c2)c2ccc(Cl)cc12. The highest BCUT2D eigenvalue weighted by Crippen LogP contribution is 2.26. The molecule has 0 fully saturated rings. The Bertz CT molecular complexity index is 855. The summed E-state index contributed by atoms with van der Waals surface area (Å²) in [6.07, 6.45) is 1.84. The van der Waals surface area contributed by atoms with Gasteiger partial charge >= 0.3 is 5.97 Å². The maximum Gasteiger partial charge on any atom is 0.307 e. The van der Waals surface area contributed by atoms with Crippen molar-refractivity contribution in [3.63, 3.8) is 0 Å². The standard InChI is InChI=1S/C17H13Cl2NO2/c18-13-3-1-2-11(6-13)9-20-10-12(7-17(21)22)15-8-14(19)4-5-16(15)20/h1-6,8,10H,7,9H2,(H,21,22). The quantitative estimate of drug-likeness (QED) is 0.756. The average Bonchev–Trinajstić information content (AvgIpc) is 2.75. The Balaban J connectivity index is 2.07. The van der Waals surface area contributed by atoms with Crippen LogP contribution in [0, 0.1) is 0 Å². The highest BCUT2D eigenvalue weighted by atomic mass is 35.5. The smallest absolute Gasteiger partial charge is 0.307 e. The Morgan fingerprint density at radius 1 is 1.09 bits per heavy atom. The third kappa shape index (κ3) is 3.11. The molecule has 0 unspecified atom stereocenters. The first-order valence-corrected chi connectivity index (χ1v) is 7.52. The van der Waals surface area contributed by atoms with E-state index in [2.05, 4.69) is 0 Å². The lowest BCUT2D eigenvalue weighted by molar-refractivity contribution is -0.136. The molecule has 0 aliphatic heterocycles. The number of benzene rings is 2. The lowest BCUT2D eigenvalue weighted by atomic mass is 10.1. The van der Waals surface area contributed by atoms with Crippen LogP contribution in [0.15, 0.2) is 48.7 Å². The Morgan fingerprint density at radius 2 is 1.86 bits per heavy atom. The first kappa shape index (κ1) is 14.9. The third-order valence-electron chi connectivity index (χ3n) is 3.51. The van der Waals surface area contributed by atoms with Crippen LogP contribution in [-0.4, -0.2) is 15.6 Å². The van der Waals surface area contributed by atoms with Gasteiger partial charge in [-0.15, -0.1) is 0 Å². The van der Waals surface area contributed by atoms with E-state index in [-0.39, 0.29) is 6.42 Å². The molecule has 3 aromatic rings. The minimum Gasteiger partial charge on any atom is -0.481 e. The number of nitrogens with zero attached hydrogens (tertiary/aromatic N) is 1. The van der Waals surface area contributed by atoms with Gasteiger partial charge in [-0.1, -0.05) is 35.3 Å². The Hall–Kier alpha value is -1.97. The van der Waals surface area contributed by atoms with E-state index in [1.165, 1.54) is 0 Å².